The number of pyridine rings is 1. The van der Waals surface area contributed by atoms with Gasteiger partial charge in [-0.05, 0) is 30.3 Å². The van der Waals surface area contributed by atoms with Crippen LogP contribution in [0.4, 0.5) is 11.4 Å². The van der Waals surface area contributed by atoms with Crippen molar-refractivity contribution in [2.24, 2.45) is 0 Å². The van der Waals surface area contributed by atoms with Crippen molar-refractivity contribution < 1.29 is 9.59 Å². The number of carbonyl (C=O) groups is 2. The lowest BCUT2D eigenvalue weighted by Crippen LogP contribution is -2.41. The van der Waals surface area contributed by atoms with Gasteiger partial charge in [-0.25, -0.2) is 4.98 Å². The van der Waals surface area contributed by atoms with Crippen molar-refractivity contribution in [3.63, 3.8) is 0 Å². The van der Waals surface area contributed by atoms with E-state index in [9.17, 15) is 9.59 Å². The minimum Gasteiger partial charge on any atom is -0.323 e. The summed E-state index contributed by atoms with van der Waals surface area (Å²) in [6.45, 7) is -0.0267. The Morgan fingerprint density at radius 1 is 1.20 bits per heavy atom. The number of benzene rings is 1. The number of amides is 2. The first-order valence-electron chi connectivity index (χ1n) is 7.64. The number of anilines is 2. The van der Waals surface area contributed by atoms with Crippen LogP contribution in [0.3, 0.4) is 0 Å². The van der Waals surface area contributed by atoms with Crippen LogP contribution in [0.15, 0.2) is 54.7 Å². The number of hydrogen-bond donors (Lipinski definition) is 1. The molecule has 0 spiro atoms. The van der Waals surface area contributed by atoms with Crippen LogP contribution in [-0.2, 0) is 9.59 Å². The van der Waals surface area contributed by atoms with Crippen molar-refractivity contribution >= 4 is 46.5 Å². The third kappa shape index (κ3) is 2.77. The first-order valence-corrected chi connectivity index (χ1v) is 8.02. The second-order valence-corrected chi connectivity index (χ2v) is 5.90. The molecule has 0 aliphatic carbocycles. The standard InChI is InChI=1S/C18H13ClN4O2/c19-18-14(22-10-4-3-7-15(22)21-18)8-9-17(25)23-11-16(24)20-12-5-1-2-6-13(12)23/h1-10H,11H2,(H,20,24)/b9-8+. The number of aromatic nitrogens is 2. The second kappa shape index (κ2) is 6.07. The number of hydrogen-bond acceptors (Lipinski definition) is 3. The molecule has 25 heavy (non-hydrogen) atoms. The lowest BCUT2D eigenvalue weighted by molar-refractivity contribution is -0.119. The molecule has 3 heterocycles. The molecule has 0 atom stereocenters. The van der Waals surface area contributed by atoms with Gasteiger partial charge in [0, 0.05) is 12.3 Å². The molecule has 0 saturated carbocycles. The number of nitrogens with zero attached hydrogens (tertiary/aromatic N) is 3. The Labute approximate surface area is 148 Å². The summed E-state index contributed by atoms with van der Waals surface area (Å²) in [5, 5.41) is 3.07. The van der Waals surface area contributed by atoms with E-state index in [1.807, 2.05) is 30.5 Å². The third-order valence-electron chi connectivity index (χ3n) is 3.94. The van der Waals surface area contributed by atoms with E-state index >= 15 is 0 Å². The maximum Gasteiger partial charge on any atom is 0.251 e. The summed E-state index contributed by atoms with van der Waals surface area (Å²) in [5.74, 6) is -0.530. The molecule has 124 valence electrons. The molecule has 0 bridgehead atoms. The highest BCUT2D eigenvalue weighted by Gasteiger charge is 2.25. The molecule has 1 aliphatic rings. The fourth-order valence-electron chi connectivity index (χ4n) is 2.81. The monoisotopic (exact) mass is 352 g/mol. The van der Waals surface area contributed by atoms with Crippen molar-refractivity contribution in [2.45, 2.75) is 0 Å². The highest BCUT2D eigenvalue weighted by Crippen LogP contribution is 2.29. The molecule has 0 saturated heterocycles. The molecule has 0 fully saturated rings. The highest BCUT2D eigenvalue weighted by atomic mass is 35.5. The first kappa shape index (κ1) is 15.4. The largest absolute Gasteiger partial charge is 0.323 e. The number of para-hydroxylation sites is 2. The number of halogens is 1. The molecule has 6 nitrogen and oxygen atoms in total. The van der Waals surface area contributed by atoms with Crippen LogP contribution >= 0.6 is 11.6 Å². The van der Waals surface area contributed by atoms with Crippen LogP contribution in [0.25, 0.3) is 11.7 Å². The van der Waals surface area contributed by atoms with Crippen molar-refractivity contribution in [3.05, 3.63) is 65.6 Å². The van der Waals surface area contributed by atoms with Gasteiger partial charge < -0.3 is 5.32 Å². The highest BCUT2D eigenvalue weighted by molar-refractivity contribution is 6.31. The van der Waals surface area contributed by atoms with Crippen molar-refractivity contribution in [2.75, 3.05) is 16.8 Å². The van der Waals surface area contributed by atoms with Crippen molar-refractivity contribution in [3.8, 4) is 0 Å². The van der Waals surface area contributed by atoms with Gasteiger partial charge in [-0.15, -0.1) is 0 Å². The van der Waals surface area contributed by atoms with Gasteiger partial charge in [-0.3, -0.25) is 18.9 Å². The van der Waals surface area contributed by atoms with E-state index in [2.05, 4.69) is 10.3 Å². The van der Waals surface area contributed by atoms with Gasteiger partial charge in [0.15, 0.2) is 5.15 Å². The van der Waals surface area contributed by atoms with Gasteiger partial charge in [0.05, 0.1) is 17.1 Å². The molecule has 7 heteroatoms. The van der Waals surface area contributed by atoms with Crippen LogP contribution in [0.2, 0.25) is 5.15 Å². The van der Waals surface area contributed by atoms with E-state index in [1.54, 1.807) is 28.7 Å². The molecule has 2 aromatic heterocycles. The summed E-state index contributed by atoms with van der Waals surface area (Å²) in [5.41, 5.74) is 2.59. The predicted molar refractivity (Wildman–Crippen MR) is 96.7 cm³/mol. The van der Waals surface area contributed by atoms with Crippen LogP contribution < -0.4 is 10.2 Å². The van der Waals surface area contributed by atoms with Crippen LogP contribution in [0.5, 0.6) is 0 Å². The molecule has 4 rings (SSSR count). The Hall–Kier alpha value is -3.12. The predicted octanol–water partition coefficient (Wildman–Crippen LogP) is 2.99. The third-order valence-corrected chi connectivity index (χ3v) is 4.22. The zero-order chi connectivity index (χ0) is 17.4. The number of imidazole rings is 1. The van der Waals surface area contributed by atoms with Gasteiger partial charge in [-0.1, -0.05) is 29.8 Å². The molecule has 0 unspecified atom stereocenters. The Morgan fingerprint density at radius 3 is 2.88 bits per heavy atom. The molecular weight excluding hydrogens is 340 g/mol. The van der Waals surface area contributed by atoms with E-state index in [4.69, 9.17) is 11.6 Å². The molecule has 0 radical (unpaired) electrons. The normalized spacial score (nSPS) is 14.0. The molecule has 2 amide bonds. The summed E-state index contributed by atoms with van der Waals surface area (Å²) in [6.07, 6.45) is 4.83. The zero-order valence-electron chi connectivity index (χ0n) is 13.0. The molecule has 1 N–H and O–H groups in total. The SMILES string of the molecule is O=C1CN(C(=O)/C=C/c2c(Cl)nc3ccccn23)c2ccccc2N1. The number of nitrogens with one attached hydrogen (secondary N) is 1. The average molecular weight is 353 g/mol. The van der Waals surface area contributed by atoms with Gasteiger partial charge in [0.2, 0.25) is 5.91 Å². The maximum atomic E-state index is 12.6. The maximum absolute atomic E-state index is 12.6. The lowest BCUT2D eigenvalue weighted by atomic mass is 10.2. The molecule has 3 aromatic rings. The van der Waals surface area contributed by atoms with Crippen LogP contribution in [-0.4, -0.2) is 27.7 Å². The Morgan fingerprint density at radius 2 is 2.00 bits per heavy atom. The smallest absolute Gasteiger partial charge is 0.251 e. The van der Waals surface area contributed by atoms with E-state index in [0.717, 1.165) is 0 Å². The Kier molecular flexibility index (Phi) is 3.74. The van der Waals surface area contributed by atoms with Gasteiger partial charge >= 0.3 is 0 Å². The lowest BCUT2D eigenvalue weighted by Gasteiger charge is -2.28. The number of rotatable bonds is 2. The topological polar surface area (TPSA) is 66.7 Å². The quantitative estimate of drug-likeness (QED) is 0.721. The van der Waals surface area contributed by atoms with E-state index in [0.29, 0.717) is 27.9 Å². The van der Waals surface area contributed by atoms with Gasteiger partial charge in [0.1, 0.15) is 12.2 Å². The Balaban J connectivity index is 1.67. The van der Waals surface area contributed by atoms with Crippen molar-refractivity contribution in [1.29, 1.82) is 0 Å². The Bertz CT molecular complexity index is 1020. The van der Waals surface area contributed by atoms with Gasteiger partial charge in [0.25, 0.3) is 5.91 Å². The number of fused-ring (bicyclic) bond motifs is 2. The first-order chi connectivity index (χ1) is 12.1. The van der Waals surface area contributed by atoms with Crippen molar-refractivity contribution in [1.82, 2.24) is 9.38 Å². The second-order valence-electron chi connectivity index (χ2n) is 5.54. The van der Waals surface area contributed by atoms with E-state index < -0.39 is 0 Å². The molecule has 1 aliphatic heterocycles. The summed E-state index contributed by atoms with van der Waals surface area (Å²) in [4.78, 5) is 30.1. The fourth-order valence-corrected chi connectivity index (χ4v) is 3.05. The zero-order valence-corrected chi connectivity index (χ0v) is 13.8. The number of carbonyl (C=O) groups excluding carboxylic acids is 2. The molecular formula is C18H13ClN4O2. The summed E-state index contributed by atoms with van der Waals surface area (Å²) in [7, 11) is 0. The summed E-state index contributed by atoms with van der Waals surface area (Å²) in [6, 6.07) is 12.7. The van der Waals surface area contributed by atoms with Gasteiger partial charge in [-0.2, -0.15) is 0 Å². The molecule has 1 aromatic carbocycles. The minimum atomic E-state index is -0.302. The minimum absolute atomic E-state index is 0.0267. The average Bonchev–Trinajstić information content (AvgIpc) is 2.94. The van der Waals surface area contributed by atoms with Crippen LogP contribution in [0, 0.1) is 0 Å². The summed E-state index contributed by atoms with van der Waals surface area (Å²) < 4.78 is 1.79. The van der Waals surface area contributed by atoms with E-state index in [-0.39, 0.29) is 18.4 Å². The van der Waals surface area contributed by atoms with Crippen LogP contribution in [0.1, 0.15) is 5.69 Å². The van der Waals surface area contributed by atoms with E-state index in [1.165, 1.54) is 11.0 Å². The summed E-state index contributed by atoms with van der Waals surface area (Å²) >= 11 is 6.17. The fraction of sp³-hybridized carbons (Fsp3) is 0.0556.